The topological polar surface area (TPSA) is 41.6 Å². The highest BCUT2D eigenvalue weighted by atomic mass is 15.1. The average Bonchev–Trinajstić information content (AvgIpc) is 2.58. The summed E-state index contributed by atoms with van der Waals surface area (Å²) >= 11 is 0. The molecule has 0 aliphatic carbocycles. The monoisotopic (exact) mass is 144 g/mol. The summed E-state index contributed by atoms with van der Waals surface area (Å²) in [5, 5.41) is 6.53. The van der Waals surface area contributed by atoms with Gasteiger partial charge in [-0.25, -0.2) is 0 Å². The van der Waals surface area contributed by atoms with Crippen LogP contribution in [-0.4, -0.2) is 15.2 Å². The predicted octanol–water partition coefficient (Wildman–Crippen LogP) is 1.27. The van der Waals surface area contributed by atoms with Crippen LogP contribution in [0.25, 0.3) is 11.3 Å². The van der Waals surface area contributed by atoms with Crippen molar-refractivity contribution in [3.05, 3.63) is 36.8 Å². The number of hydrogen-bond donors (Lipinski definition) is 1. The van der Waals surface area contributed by atoms with Gasteiger partial charge in [-0.3, -0.25) is 10.1 Å². The molecule has 2 aromatic heterocycles. The Morgan fingerprint density at radius 3 is 3.09 bits per heavy atom. The van der Waals surface area contributed by atoms with Crippen molar-refractivity contribution in [1.29, 1.82) is 0 Å². The molecular formula is C8H6N3. The Morgan fingerprint density at radius 1 is 1.45 bits per heavy atom. The van der Waals surface area contributed by atoms with Gasteiger partial charge in [0.2, 0.25) is 0 Å². The molecule has 1 radical (unpaired) electrons. The van der Waals surface area contributed by atoms with E-state index in [0.29, 0.717) is 0 Å². The van der Waals surface area contributed by atoms with Gasteiger partial charge in [0.1, 0.15) is 6.20 Å². The predicted molar refractivity (Wildman–Crippen MR) is 40.7 cm³/mol. The standard InChI is InChI=1S/C8H6N3/c1-2-7(6-9-4-1)8-3-5-10-11-8/h1-4,6H,(H,10,11). The zero-order valence-corrected chi connectivity index (χ0v) is 5.78. The molecule has 3 heteroatoms. The van der Waals surface area contributed by atoms with Gasteiger partial charge < -0.3 is 0 Å². The second-order valence-electron chi connectivity index (χ2n) is 2.15. The minimum atomic E-state index is 0.943. The van der Waals surface area contributed by atoms with Crippen molar-refractivity contribution in [3.8, 4) is 11.3 Å². The quantitative estimate of drug-likeness (QED) is 0.654. The summed E-state index contributed by atoms with van der Waals surface area (Å²) in [4.78, 5) is 3.98. The van der Waals surface area contributed by atoms with Gasteiger partial charge in [-0.05, 0) is 18.2 Å². The van der Waals surface area contributed by atoms with Crippen LogP contribution in [0, 0.1) is 6.20 Å². The molecule has 3 nitrogen and oxygen atoms in total. The smallest absolute Gasteiger partial charge is 0.113 e. The molecule has 0 fully saturated rings. The Kier molecular flexibility index (Phi) is 1.41. The Balaban J connectivity index is 2.46. The number of rotatable bonds is 1. The number of H-pyrrole nitrogens is 1. The van der Waals surface area contributed by atoms with E-state index in [1.54, 1.807) is 18.5 Å². The van der Waals surface area contributed by atoms with Crippen LogP contribution in [0.2, 0.25) is 0 Å². The number of nitrogens with one attached hydrogen (secondary N) is 1. The van der Waals surface area contributed by atoms with Gasteiger partial charge >= 0.3 is 0 Å². The first-order valence-electron chi connectivity index (χ1n) is 3.28. The third-order valence-corrected chi connectivity index (χ3v) is 1.42. The Morgan fingerprint density at radius 2 is 2.45 bits per heavy atom. The van der Waals surface area contributed by atoms with Gasteiger partial charge in [-0.15, -0.1) is 0 Å². The van der Waals surface area contributed by atoms with E-state index in [9.17, 15) is 0 Å². The molecule has 0 spiro atoms. The minimum absolute atomic E-state index is 0.943. The summed E-state index contributed by atoms with van der Waals surface area (Å²) in [6.45, 7) is 0. The van der Waals surface area contributed by atoms with Crippen molar-refractivity contribution >= 4 is 0 Å². The van der Waals surface area contributed by atoms with Gasteiger partial charge in [0.05, 0.1) is 5.69 Å². The molecule has 2 aromatic rings. The third kappa shape index (κ3) is 1.12. The molecule has 53 valence electrons. The van der Waals surface area contributed by atoms with E-state index in [4.69, 9.17) is 0 Å². The van der Waals surface area contributed by atoms with Crippen LogP contribution in [0.3, 0.4) is 0 Å². The number of hydrogen-bond acceptors (Lipinski definition) is 2. The van der Waals surface area contributed by atoms with Gasteiger partial charge in [-0.2, -0.15) is 5.10 Å². The second kappa shape index (κ2) is 2.54. The number of pyridine rings is 1. The molecule has 0 atom stereocenters. The van der Waals surface area contributed by atoms with E-state index in [1.807, 2.05) is 12.1 Å². The molecule has 0 aliphatic rings. The van der Waals surface area contributed by atoms with Crippen LogP contribution in [0.4, 0.5) is 0 Å². The fraction of sp³-hybridized carbons (Fsp3) is 0. The largest absolute Gasteiger partial charge is 0.277 e. The highest BCUT2D eigenvalue weighted by Crippen LogP contribution is 2.12. The normalized spacial score (nSPS) is 9.82. The van der Waals surface area contributed by atoms with Gasteiger partial charge in [0, 0.05) is 18.0 Å². The molecule has 0 aliphatic heterocycles. The number of aromatic amines is 1. The van der Waals surface area contributed by atoms with Crippen LogP contribution in [-0.2, 0) is 0 Å². The van der Waals surface area contributed by atoms with Crippen LogP contribution in [0.15, 0.2) is 30.6 Å². The van der Waals surface area contributed by atoms with Gasteiger partial charge in [0.15, 0.2) is 0 Å². The van der Waals surface area contributed by atoms with E-state index in [2.05, 4.69) is 21.4 Å². The maximum atomic E-state index is 3.98. The summed E-state index contributed by atoms with van der Waals surface area (Å²) in [7, 11) is 0. The van der Waals surface area contributed by atoms with Crippen molar-refractivity contribution in [1.82, 2.24) is 15.2 Å². The molecule has 0 unspecified atom stereocenters. The van der Waals surface area contributed by atoms with Crippen LogP contribution in [0.1, 0.15) is 0 Å². The summed E-state index contributed by atoms with van der Waals surface area (Å²) in [6, 6.07) is 5.64. The summed E-state index contributed by atoms with van der Waals surface area (Å²) in [5.41, 5.74) is 1.97. The molecular weight excluding hydrogens is 138 g/mol. The van der Waals surface area contributed by atoms with Gasteiger partial charge in [-0.1, -0.05) is 0 Å². The third-order valence-electron chi connectivity index (χ3n) is 1.42. The lowest BCUT2D eigenvalue weighted by Crippen LogP contribution is -1.77. The Labute approximate surface area is 64.1 Å². The van der Waals surface area contributed by atoms with Crippen LogP contribution in [0.5, 0.6) is 0 Å². The summed E-state index contributed by atoms with van der Waals surface area (Å²) < 4.78 is 0. The van der Waals surface area contributed by atoms with Crippen molar-refractivity contribution < 1.29 is 0 Å². The molecule has 2 heterocycles. The zero-order chi connectivity index (χ0) is 7.52. The molecule has 0 amide bonds. The SMILES string of the molecule is [c]1cc(-c2cccnc2)[nH]n1. The maximum Gasteiger partial charge on any atom is 0.113 e. The van der Waals surface area contributed by atoms with E-state index in [1.165, 1.54) is 0 Å². The number of aromatic nitrogens is 3. The van der Waals surface area contributed by atoms with Gasteiger partial charge in [0.25, 0.3) is 0 Å². The average molecular weight is 144 g/mol. The first-order valence-corrected chi connectivity index (χ1v) is 3.28. The molecule has 2 rings (SSSR count). The zero-order valence-electron chi connectivity index (χ0n) is 5.78. The lowest BCUT2D eigenvalue weighted by molar-refractivity contribution is 1.09. The van der Waals surface area contributed by atoms with E-state index < -0.39 is 0 Å². The highest BCUT2D eigenvalue weighted by Gasteiger charge is 1.95. The first-order chi connectivity index (χ1) is 5.47. The second-order valence-corrected chi connectivity index (χ2v) is 2.15. The lowest BCUT2D eigenvalue weighted by atomic mass is 10.2. The lowest BCUT2D eigenvalue weighted by Gasteiger charge is -1.92. The summed E-state index contributed by atoms with van der Waals surface area (Å²) in [6.07, 6.45) is 6.21. The molecule has 1 N–H and O–H groups in total. The van der Waals surface area contributed by atoms with Crippen LogP contribution >= 0.6 is 0 Å². The fourth-order valence-corrected chi connectivity index (χ4v) is 0.892. The van der Waals surface area contributed by atoms with Crippen molar-refractivity contribution in [3.63, 3.8) is 0 Å². The summed E-state index contributed by atoms with van der Waals surface area (Å²) in [5.74, 6) is 0. The van der Waals surface area contributed by atoms with E-state index >= 15 is 0 Å². The Hall–Kier alpha value is -1.64. The van der Waals surface area contributed by atoms with Crippen molar-refractivity contribution in [2.45, 2.75) is 0 Å². The van der Waals surface area contributed by atoms with Crippen molar-refractivity contribution in [2.24, 2.45) is 0 Å². The highest BCUT2D eigenvalue weighted by molar-refractivity contribution is 5.56. The van der Waals surface area contributed by atoms with Crippen molar-refractivity contribution in [2.75, 3.05) is 0 Å². The molecule has 0 aromatic carbocycles. The minimum Gasteiger partial charge on any atom is -0.277 e. The van der Waals surface area contributed by atoms with E-state index in [-0.39, 0.29) is 0 Å². The fourth-order valence-electron chi connectivity index (χ4n) is 0.892. The maximum absolute atomic E-state index is 3.98. The molecule has 11 heavy (non-hydrogen) atoms. The molecule has 0 saturated heterocycles. The van der Waals surface area contributed by atoms with E-state index in [0.717, 1.165) is 11.3 Å². The molecule has 0 saturated carbocycles. The van der Waals surface area contributed by atoms with Crippen LogP contribution < -0.4 is 0 Å². The first kappa shape index (κ1) is 6.09. The number of nitrogens with zero attached hydrogens (tertiary/aromatic N) is 2. The Bertz CT molecular complexity index is 312. The molecule has 0 bridgehead atoms.